The molecule has 0 aliphatic carbocycles. The number of nitrogens with two attached hydrogens (primary N) is 1. The smallest absolute Gasteiger partial charge is 0.253 e. The fourth-order valence-corrected chi connectivity index (χ4v) is 2.28. The average molecular weight is 278 g/mol. The molecule has 2 N–H and O–H groups in total. The van der Waals surface area contributed by atoms with Gasteiger partial charge in [-0.15, -0.1) is 5.10 Å². The van der Waals surface area contributed by atoms with Gasteiger partial charge in [-0.25, -0.2) is 4.68 Å². The number of nitrogen functional groups attached to an aromatic ring is 1. The second-order valence-corrected chi connectivity index (χ2v) is 4.73. The van der Waals surface area contributed by atoms with Crippen LogP contribution in [0.25, 0.3) is 10.8 Å². The number of benzene rings is 2. The van der Waals surface area contributed by atoms with Gasteiger partial charge in [0.2, 0.25) is 0 Å². The van der Waals surface area contributed by atoms with Crippen LogP contribution in [0.2, 0.25) is 0 Å². The monoisotopic (exact) mass is 278 g/mol. The van der Waals surface area contributed by atoms with Crippen molar-refractivity contribution in [3.63, 3.8) is 0 Å². The lowest BCUT2D eigenvalue weighted by atomic mass is 10.1. The van der Waals surface area contributed by atoms with E-state index in [-0.39, 0.29) is 11.4 Å². The van der Waals surface area contributed by atoms with E-state index in [0.717, 1.165) is 16.3 Å². The van der Waals surface area contributed by atoms with E-state index in [2.05, 4.69) is 17.2 Å². The summed E-state index contributed by atoms with van der Waals surface area (Å²) in [6.07, 6.45) is 0. The molecule has 0 amide bonds. The molecule has 0 radical (unpaired) electrons. The Labute approximate surface area is 122 Å². The molecule has 0 bridgehead atoms. The van der Waals surface area contributed by atoms with Crippen LogP contribution in [0, 0.1) is 11.3 Å². The summed E-state index contributed by atoms with van der Waals surface area (Å²) in [4.78, 5) is 0. The summed E-state index contributed by atoms with van der Waals surface area (Å²) < 4.78 is 7.13. The molecule has 0 spiro atoms. The summed E-state index contributed by atoms with van der Waals surface area (Å²) in [6, 6.07) is 16.2. The molecule has 0 saturated carbocycles. The standard InChI is InChI=1S/C16H14N4O/c1-20-15(18)14(9-17)16(19-20)21-10-12-7-4-6-11-5-2-3-8-13(11)12/h2-8H,10,18H2,1H3. The van der Waals surface area contributed by atoms with Crippen LogP contribution in [-0.4, -0.2) is 9.78 Å². The summed E-state index contributed by atoms with van der Waals surface area (Å²) in [5.41, 5.74) is 7.09. The van der Waals surface area contributed by atoms with Gasteiger partial charge in [-0.05, 0) is 16.3 Å². The van der Waals surface area contributed by atoms with E-state index < -0.39 is 0 Å². The minimum absolute atomic E-state index is 0.269. The number of anilines is 1. The van der Waals surface area contributed by atoms with Gasteiger partial charge in [0.1, 0.15) is 18.5 Å². The summed E-state index contributed by atoms with van der Waals surface area (Å²) in [5.74, 6) is 0.579. The third-order valence-electron chi connectivity index (χ3n) is 3.42. The molecule has 2 aromatic carbocycles. The normalized spacial score (nSPS) is 10.5. The van der Waals surface area contributed by atoms with Crippen molar-refractivity contribution in [2.24, 2.45) is 7.05 Å². The van der Waals surface area contributed by atoms with E-state index in [9.17, 15) is 0 Å². The van der Waals surface area contributed by atoms with Crippen molar-refractivity contribution in [3.05, 3.63) is 53.6 Å². The fourth-order valence-electron chi connectivity index (χ4n) is 2.28. The number of aromatic nitrogens is 2. The van der Waals surface area contributed by atoms with Crippen molar-refractivity contribution in [3.8, 4) is 11.9 Å². The van der Waals surface area contributed by atoms with E-state index >= 15 is 0 Å². The van der Waals surface area contributed by atoms with Crippen LogP contribution >= 0.6 is 0 Å². The Morgan fingerprint density at radius 1 is 1.24 bits per heavy atom. The summed E-state index contributed by atoms with van der Waals surface area (Å²) in [6.45, 7) is 0.340. The number of hydrogen-bond acceptors (Lipinski definition) is 4. The van der Waals surface area contributed by atoms with Crippen LogP contribution < -0.4 is 10.5 Å². The maximum Gasteiger partial charge on any atom is 0.253 e. The largest absolute Gasteiger partial charge is 0.471 e. The molecule has 5 heteroatoms. The van der Waals surface area contributed by atoms with E-state index in [1.165, 1.54) is 4.68 Å². The van der Waals surface area contributed by atoms with Crippen LogP contribution in [-0.2, 0) is 13.7 Å². The number of ether oxygens (including phenoxy) is 1. The van der Waals surface area contributed by atoms with Crippen LogP contribution in [0.5, 0.6) is 5.88 Å². The average Bonchev–Trinajstić information content (AvgIpc) is 2.79. The number of fused-ring (bicyclic) bond motifs is 1. The number of rotatable bonds is 3. The van der Waals surface area contributed by atoms with Gasteiger partial charge in [0.15, 0.2) is 5.56 Å². The first-order valence-electron chi connectivity index (χ1n) is 6.52. The maximum atomic E-state index is 9.12. The lowest BCUT2D eigenvalue weighted by molar-refractivity contribution is 0.291. The van der Waals surface area contributed by atoms with Crippen LogP contribution in [0.3, 0.4) is 0 Å². The number of aryl methyl sites for hydroxylation is 1. The van der Waals surface area contributed by atoms with E-state index in [1.54, 1.807) is 7.05 Å². The van der Waals surface area contributed by atoms with Gasteiger partial charge in [0.05, 0.1) is 0 Å². The van der Waals surface area contributed by atoms with Crippen LogP contribution in [0.4, 0.5) is 5.82 Å². The highest BCUT2D eigenvalue weighted by Gasteiger charge is 2.15. The molecule has 21 heavy (non-hydrogen) atoms. The molecule has 0 aliphatic heterocycles. The number of hydrogen-bond donors (Lipinski definition) is 1. The summed E-state index contributed by atoms with van der Waals surface area (Å²) >= 11 is 0. The van der Waals surface area contributed by atoms with E-state index in [0.29, 0.717) is 12.4 Å². The molecular weight excluding hydrogens is 264 g/mol. The highest BCUT2D eigenvalue weighted by atomic mass is 16.5. The zero-order chi connectivity index (χ0) is 14.8. The first kappa shape index (κ1) is 13.0. The second-order valence-electron chi connectivity index (χ2n) is 4.73. The molecular formula is C16H14N4O. The lowest BCUT2D eigenvalue weighted by Crippen LogP contribution is -1.99. The van der Waals surface area contributed by atoms with Gasteiger partial charge >= 0.3 is 0 Å². The quantitative estimate of drug-likeness (QED) is 0.799. The van der Waals surface area contributed by atoms with Crippen molar-refractivity contribution in [1.29, 1.82) is 5.26 Å². The highest BCUT2D eigenvalue weighted by molar-refractivity contribution is 5.85. The zero-order valence-electron chi connectivity index (χ0n) is 11.6. The predicted octanol–water partition coefficient (Wildman–Crippen LogP) is 2.61. The van der Waals surface area contributed by atoms with Gasteiger partial charge in [-0.2, -0.15) is 5.26 Å². The fraction of sp³-hybridized carbons (Fsp3) is 0.125. The topological polar surface area (TPSA) is 76.9 Å². The second kappa shape index (κ2) is 5.17. The van der Waals surface area contributed by atoms with Gasteiger partial charge in [-0.3, -0.25) is 0 Å². The van der Waals surface area contributed by atoms with Gasteiger partial charge in [0, 0.05) is 7.05 Å². The molecule has 0 atom stereocenters. The molecule has 0 saturated heterocycles. The third kappa shape index (κ3) is 2.28. The Morgan fingerprint density at radius 2 is 2.00 bits per heavy atom. The Hall–Kier alpha value is -3.00. The molecule has 5 nitrogen and oxygen atoms in total. The van der Waals surface area contributed by atoms with Crippen molar-refractivity contribution in [2.75, 3.05) is 5.73 Å². The summed E-state index contributed by atoms with van der Waals surface area (Å²) in [5, 5.41) is 15.5. The molecule has 3 rings (SSSR count). The first-order chi connectivity index (χ1) is 10.2. The Bertz CT molecular complexity index is 840. The van der Waals surface area contributed by atoms with Crippen molar-refractivity contribution in [1.82, 2.24) is 9.78 Å². The number of nitrogens with zero attached hydrogens (tertiary/aromatic N) is 3. The van der Waals surface area contributed by atoms with Crippen molar-refractivity contribution in [2.45, 2.75) is 6.61 Å². The van der Waals surface area contributed by atoms with Crippen LogP contribution in [0.1, 0.15) is 11.1 Å². The molecule has 0 fully saturated rings. The Kier molecular flexibility index (Phi) is 3.20. The Balaban J connectivity index is 1.91. The van der Waals surface area contributed by atoms with Gasteiger partial charge in [-0.1, -0.05) is 42.5 Å². The molecule has 0 unspecified atom stereocenters. The van der Waals surface area contributed by atoms with Crippen molar-refractivity contribution >= 4 is 16.6 Å². The number of nitriles is 1. The van der Waals surface area contributed by atoms with Gasteiger partial charge in [0.25, 0.3) is 5.88 Å². The van der Waals surface area contributed by atoms with Crippen molar-refractivity contribution < 1.29 is 4.74 Å². The predicted molar refractivity (Wildman–Crippen MR) is 80.6 cm³/mol. The molecule has 1 heterocycles. The molecule has 3 aromatic rings. The van der Waals surface area contributed by atoms with Crippen LogP contribution in [0.15, 0.2) is 42.5 Å². The SMILES string of the molecule is Cn1nc(OCc2cccc3ccccc23)c(C#N)c1N. The maximum absolute atomic E-state index is 9.12. The minimum Gasteiger partial charge on any atom is -0.471 e. The first-order valence-corrected chi connectivity index (χ1v) is 6.52. The molecule has 0 aliphatic rings. The van der Waals surface area contributed by atoms with Gasteiger partial charge < -0.3 is 10.5 Å². The highest BCUT2D eigenvalue weighted by Crippen LogP contribution is 2.24. The molecule has 104 valence electrons. The van der Waals surface area contributed by atoms with E-state index in [1.807, 2.05) is 36.4 Å². The summed E-state index contributed by atoms with van der Waals surface area (Å²) in [7, 11) is 1.68. The third-order valence-corrected chi connectivity index (χ3v) is 3.42. The zero-order valence-corrected chi connectivity index (χ0v) is 11.6. The lowest BCUT2D eigenvalue weighted by Gasteiger charge is -2.07. The van der Waals surface area contributed by atoms with E-state index in [4.69, 9.17) is 15.7 Å². The Morgan fingerprint density at radius 3 is 2.81 bits per heavy atom. The molecule has 1 aromatic heterocycles. The minimum atomic E-state index is 0.269.